The van der Waals surface area contributed by atoms with E-state index in [1.165, 1.54) is 43.4 Å². The minimum absolute atomic E-state index is 0.132. The molecule has 1 aromatic heterocycles. The van der Waals surface area contributed by atoms with E-state index in [0.29, 0.717) is 0 Å². The molecule has 1 aliphatic rings. The molecule has 0 fully saturated rings. The van der Waals surface area contributed by atoms with Crippen LogP contribution in [0.1, 0.15) is 48.8 Å². The molecule has 0 aliphatic carbocycles. The lowest BCUT2D eigenvalue weighted by molar-refractivity contribution is 0.536. The molecule has 0 atom stereocenters. The lowest BCUT2D eigenvalue weighted by Gasteiger charge is -2.33. The largest absolute Gasteiger partial charge is 0.444 e. The standard InChI is InChI=1S/C24H27NOS/c1-14-8-9-19-20(10-14)27-21-13-17(4)26-23(21)25(19)22-15(2)11-18(12-16(22)3)24(5,6)7/h8-13H,1-7H3. The van der Waals surface area contributed by atoms with Crippen LogP contribution < -0.4 is 4.90 Å². The van der Waals surface area contributed by atoms with E-state index in [4.69, 9.17) is 4.42 Å². The highest BCUT2D eigenvalue weighted by molar-refractivity contribution is 7.99. The van der Waals surface area contributed by atoms with Crippen molar-refractivity contribution in [2.75, 3.05) is 4.90 Å². The molecule has 3 heteroatoms. The van der Waals surface area contributed by atoms with Crippen LogP contribution in [0.25, 0.3) is 0 Å². The Morgan fingerprint density at radius 1 is 0.852 bits per heavy atom. The first-order valence-corrected chi connectivity index (χ1v) is 10.3. The Kier molecular flexibility index (Phi) is 4.19. The van der Waals surface area contributed by atoms with E-state index in [9.17, 15) is 0 Å². The Labute approximate surface area is 166 Å². The summed E-state index contributed by atoms with van der Waals surface area (Å²) >= 11 is 1.80. The third-order valence-corrected chi connectivity index (χ3v) is 6.22. The number of aryl methyl sites for hydroxylation is 4. The molecule has 2 aromatic carbocycles. The van der Waals surface area contributed by atoms with Crippen LogP contribution in [0.3, 0.4) is 0 Å². The normalized spacial score (nSPS) is 13.5. The van der Waals surface area contributed by atoms with Gasteiger partial charge >= 0.3 is 0 Å². The van der Waals surface area contributed by atoms with Gasteiger partial charge in [-0.25, -0.2) is 0 Å². The maximum Gasteiger partial charge on any atom is 0.218 e. The van der Waals surface area contributed by atoms with Crippen LogP contribution in [-0.4, -0.2) is 0 Å². The molecule has 0 amide bonds. The van der Waals surface area contributed by atoms with Crippen molar-refractivity contribution in [3.8, 4) is 0 Å². The zero-order chi connectivity index (χ0) is 19.5. The van der Waals surface area contributed by atoms with Crippen LogP contribution in [-0.2, 0) is 5.41 Å². The van der Waals surface area contributed by atoms with E-state index in [0.717, 1.165) is 11.6 Å². The average Bonchev–Trinajstić information content (AvgIpc) is 2.92. The molecular formula is C24H27NOS. The molecular weight excluding hydrogens is 350 g/mol. The lowest BCUT2D eigenvalue weighted by Crippen LogP contribution is -2.18. The lowest BCUT2D eigenvalue weighted by atomic mass is 9.84. The number of anilines is 3. The highest BCUT2D eigenvalue weighted by Gasteiger charge is 2.31. The third kappa shape index (κ3) is 3.08. The number of rotatable bonds is 1. The summed E-state index contributed by atoms with van der Waals surface area (Å²) in [6, 6.07) is 13.5. The fourth-order valence-electron chi connectivity index (χ4n) is 3.79. The van der Waals surface area contributed by atoms with Crippen LogP contribution in [0, 0.1) is 27.7 Å². The summed E-state index contributed by atoms with van der Waals surface area (Å²) in [5, 5.41) is 0. The van der Waals surface area contributed by atoms with E-state index < -0.39 is 0 Å². The molecule has 0 N–H and O–H groups in total. The molecule has 0 spiro atoms. The van der Waals surface area contributed by atoms with Gasteiger partial charge in [0.2, 0.25) is 5.88 Å². The van der Waals surface area contributed by atoms with E-state index in [1.807, 2.05) is 6.92 Å². The highest BCUT2D eigenvalue weighted by Crippen LogP contribution is 2.54. The highest BCUT2D eigenvalue weighted by atomic mass is 32.2. The van der Waals surface area contributed by atoms with E-state index in [2.05, 4.69) is 82.8 Å². The maximum atomic E-state index is 6.17. The van der Waals surface area contributed by atoms with Crippen LogP contribution in [0.15, 0.2) is 50.6 Å². The van der Waals surface area contributed by atoms with Gasteiger partial charge < -0.3 is 4.42 Å². The summed E-state index contributed by atoms with van der Waals surface area (Å²) in [5.41, 5.74) is 7.75. The first-order chi connectivity index (χ1) is 12.6. The Morgan fingerprint density at radius 3 is 2.15 bits per heavy atom. The van der Waals surface area contributed by atoms with E-state index >= 15 is 0 Å². The molecule has 140 valence electrons. The second-order valence-corrected chi connectivity index (χ2v) is 9.73. The number of hydrogen-bond donors (Lipinski definition) is 0. The van der Waals surface area contributed by atoms with Gasteiger partial charge in [0.05, 0.1) is 16.3 Å². The number of hydrogen-bond acceptors (Lipinski definition) is 3. The van der Waals surface area contributed by atoms with Gasteiger partial charge in [0, 0.05) is 4.90 Å². The summed E-state index contributed by atoms with van der Waals surface area (Å²) in [7, 11) is 0. The molecule has 2 nitrogen and oxygen atoms in total. The van der Waals surface area contributed by atoms with Crippen LogP contribution in [0.5, 0.6) is 0 Å². The maximum absolute atomic E-state index is 6.17. The van der Waals surface area contributed by atoms with Crippen molar-refractivity contribution in [1.82, 2.24) is 0 Å². The molecule has 0 bridgehead atoms. The fourth-order valence-corrected chi connectivity index (χ4v) is 4.98. The van der Waals surface area contributed by atoms with Crippen molar-refractivity contribution in [3.05, 3.63) is 64.4 Å². The first kappa shape index (κ1) is 18.2. The van der Waals surface area contributed by atoms with Crippen molar-refractivity contribution in [2.24, 2.45) is 0 Å². The fraction of sp³-hybridized carbons (Fsp3) is 0.333. The van der Waals surface area contributed by atoms with Crippen LogP contribution in [0.4, 0.5) is 17.3 Å². The van der Waals surface area contributed by atoms with Crippen LogP contribution >= 0.6 is 11.8 Å². The van der Waals surface area contributed by atoms with E-state index in [-0.39, 0.29) is 5.41 Å². The van der Waals surface area contributed by atoms with Crippen molar-refractivity contribution in [1.29, 1.82) is 0 Å². The quantitative estimate of drug-likeness (QED) is 0.337. The van der Waals surface area contributed by atoms with Crippen LogP contribution in [0.2, 0.25) is 0 Å². The predicted octanol–water partition coefficient (Wildman–Crippen LogP) is 7.75. The zero-order valence-electron chi connectivity index (χ0n) is 17.2. The Balaban J connectivity index is 1.97. The minimum atomic E-state index is 0.132. The van der Waals surface area contributed by atoms with Gasteiger partial charge in [0.15, 0.2) is 0 Å². The second-order valence-electron chi connectivity index (χ2n) is 8.64. The number of furan rings is 1. The number of nitrogens with zero attached hydrogens (tertiary/aromatic N) is 1. The van der Waals surface area contributed by atoms with Gasteiger partial charge in [-0.1, -0.05) is 50.7 Å². The van der Waals surface area contributed by atoms with Crippen molar-refractivity contribution in [3.63, 3.8) is 0 Å². The van der Waals surface area contributed by atoms with Crippen molar-refractivity contribution in [2.45, 2.75) is 63.7 Å². The number of benzene rings is 2. The molecule has 0 saturated heterocycles. The zero-order valence-corrected chi connectivity index (χ0v) is 18.0. The molecule has 27 heavy (non-hydrogen) atoms. The molecule has 0 unspecified atom stereocenters. The van der Waals surface area contributed by atoms with Gasteiger partial charge in [-0.2, -0.15) is 0 Å². The van der Waals surface area contributed by atoms with Crippen molar-refractivity contribution >= 4 is 29.0 Å². The van der Waals surface area contributed by atoms with Gasteiger partial charge in [0.25, 0.3) is 0 Å². The van der Waals surface area contributed by atoms with Gasteiger partial charge in [0.1, 0.15) is 5.76 Å². The first-order valence-electron chi connectivity index (χ1n) is 9.46. The molecule has 4 rings (SSSR count). The third-order valence-electron chi connectivity index (χ3n) is 5.16. The molecule has 3 aromatic rings. The Morgan fingerprint density at radius 2 is 1.52 bits per heavy atom. The minimum Gasteiger partial charge on any atom is -0.444 e. The molecule has 1 aliphatic heterocycles. The summed E-state index contributed by atoms with van der Waals surface area (Å²) in [6.45, 7) is 15.4. The molecule has 2 heterocycles. The number of fused-ring (bicyclic) bond motifs is 2. The van der Waals surface area contributed by atoms with Gasteiger partial charge in [-0.05, 0) is 73.6 Å². The summed E-state index contributed by atoms with van der Waals surface area (Å²) < 4.78 is 6.17. The molecule has 0 radical (unpaired) electrons. The predicted molar refractivity (Wildman–Crippen MR) is 115 cm³/mol. The topological polar surface area (TPSA) is 16.4 Å². The Bertz CT molecular complexity index is 1020. The second kappa shape index (κ2) is 6.20. The molecule has 0 saturated carbocycles. The summed E-state index contributed by atoms with van der Waals surface area (Å²) in [5.74, 6) is 1.88. The van der Waals surface area contributed by atoms with Gasteiger partial charge in [-0.15, -0.1) is 0 Å². The SMILES string of the molecule is Cc1ccc2c(c1)Sc1cc(C)oc1N2c1c(C)cc(C(C)(C)C)cc1C. The Hall–Kier alpha value is -2.13. The average molecular weight is 378 g/mol. The summed E-state index contributed by atoms with van der Waals surface area (Å²) in [6.07, 6.45) is 0. The monoisotopic (exact) mass is 377 g/mol. The smallest absolute Gasteiger partial charge is 0.218 e. The van der Waals surface area contributed by atoms with Gasteiger partial charge in [-0.3, -0.25) is 4.90 Å². The summed E-state index contributed by atoms with van der Waals surface area (Å²) in [4.78, 5) is 4.77. The van der Waals surface area contributed by atoms with Crippen molar-refractivity contribution < 1.29 is 4.42 Å². The van der Waals surface area contributed by atoms with E-state index in [1.54, 1.807) is 11.8 Å².